The number of carbonyl (C=O) groups is 1. The minimum Gasteiger partial charge on any atom is -0.497 e. The highest BCUT2D eigenvalue weighted by atomic mass is 16.5. The number of nitrogens with one attached hydrogen (secondary N) is 2. The van der Waals surface area contributed by atoms with E-state index in [9.17, 15) is 9.59 Å². The average molecular weight is 420 g/mol. The number of carbonyl (C=O) groups excluding carboxylic acids is 1. The van der Waals surface area contributed by atoms with Crippen molar-refractivity contribution in [2.45, 2.75) is 38.6 Å². The second-order valence-corrected chi connectivity index (χ2v) is 8.27. The van der Waals surface area contributed by atoms with Crippen molar-refractivity contribution in [2.24, 2.45) is 0 Å². The van der Waals surface area contributed by atoms with E-state index in [-0.39, 0.29) is 17.5 Å². The molecule has 1 aliphatic rings. The number of rotatable bonds is 6. The molecule has 2 aromatic carbocycles. The lowest BCUT2D eigenvalue weighted by Crippen LogP contribution is -2.36. The van der Waals surface area contributed by atoms with Crippen molar-refractivity contribution in [3.8, 4) is 5.75 Å². The molecule has 2 N–H and O–H groups in total. The number of aromatic amines is 2. The summed E-state index contributed by atoms with van der Waals surface area (Å²) in [6, 6.07) is 15.5. The van der Waals surface area contributed by atoms with Crippen molar-refractivity contribution in [2.75, 3.05) is 20.2 Å². The molecule has 1 unspecified atom stereocenters. The van der Waals surface area contributed by atoms with Gasteiger partial charge in [-0.1, -0.05) is 24.3 Å². The Bertz CT molecular complexity index is 1110. The summed E-state index contributed by atoms with van der Waals surface area (Å²) in [5.41, 5.74) is 3.93. The van der Waals surface area contributed by atoms with Gasteiger partial charge in [0.15, 0.2) is 0 Å². The zero-order chi connectivity index (χ0) is 22.0. The molecule has 0 radical (unpaired) electrons. The Morgan fingerprint density at radius 1 is 1.06 bits per heavy atom. The second-order valence-electron chi connectivity index (χ2n) is 8.27. The number of imidazole rings is 1. The van der Waals surface area contributed by atoms with Gasteiger partial charge in [0.05, 0.1) is 12.8 Å². The van der Waals surface area contributed by atoms with E-state index >= 15 is 0 Å². The summed E-state index contributed by atoms with van der Waals surface area (Å²) in [5, 5.41) is 0. The Balaban J connectivity index is 1.51. The maximum absolute atomic E-state index is 13.1. The van der Waals surface area contributed by atoms with Gasteiger partial charge >= 0.3 is 5.69 Å². The number of nitrogens with zero attached hydrogens (tertiary/aromatic N) is 1. The minimum absolute atomic E-state index is 0.0611. The van der Waals surface area contributed by atoms with Gasteiger partial charge in [-0.3, -0.25) is 9.69 Å². The van der Waals surface area contributed by atoms with E-state index in [4.69, 9.17) is 4.74 Å². The smallest absolute Gasteiger partial charge is 0.323 e. The molecular weight excluding hydrogens is 390 g/mol. The summed E-state index contributed by atoms with van der Waals surface area (Å²) in [6.07, 6.45) is 2.12. The number of benzene rings is 2. The first-order valence-electron chi connectivity index (χ1n) is 10.8. The normalized spacial score (nSPS) is 16.2. The van der Waals surface area contributed by atoms with E-state index < -0.39 is 0 Å². The van der Waals surface area contributed by atoms with E-state index in [0.717, 1.165) is 25.9 Å². The van der Waals surface area contributed by atoms with Gasteiger partial charge in [0.25, 0.3) is 0 Å². The fourth-order valence-electron chi connectivity index (χ4n) is 4.60. The van der Waals surface area contributed by atoms with Crippen LogP contribution < -0.4 is 10.4 Å². The molecule has 0 bridgehead atoms. The Morgan fingerprint density at radius 2 is 1.74 bits per heavy atom. The number of aryl methyl sites for hydroxylation is 1. The maximum atomic E-state index is 13.1. The average Bonchev–Trinajstić information content (AvgIpc) is 3.20. The Hall–Kier alpha value is -3.12. The van der Waals surface area contributed by atoms with Crippen LogP contribution >= 0.6 is 0 Å². The van der Waals surface area contributed by atoms with Crippen molar-refractivity contribution < 1.29 is 9.53 Å². The number of likely N-dealkylation sites (tertiary alicyclic amines) is 1. The summed E-state index contributed by atoms with van der Waals surface area (Å²) < 4.78 is 5.17. The van der Waals surface area contributed by atoms with Gasteiger partial charge in [-0.2, -0.15) is 0 Å². The predicted octanol–water partition coefficient (Wildman–Crippen LogP) is 4.19. The summed E-state index contributed by atoms with van der Waals surface area (Å²) in [7, 11) is 1.59. The van der Waals surface area contributed by atoms with E-state index in [1.54, 1.807) is 31.4 Å². The van der Waals surface area contributed by atoms with Crippen LogP contribution in [0.25, 0.3) is 0 Å². The first-order chi connectivity index (χ1) is 15.0. The molecule has 0 aliphatic carbocycles. The maximum Gasteiger partial charge on any atom is 0.323 e. The zero-order valence-corrected chi connectivity index (χ0v) is 18.3. The lowest BCUT2D eigenvalue weighted by Gasteiger charge is -2.36. The quantitative estimate of drug-likeness (QED) is 0.587. The molecule has 6 heteroatoms. The molecule has 1 aromatic heterocycles. The van der Waals surface area contributed by atoms with Crippen LogP contribution in [-0.2, 0) is 0 Å². The van der Waals surface area contributed by atoms with E-state index in [1.165, 1.54) is 11.1 Å². The first kappa shape index (κ1) is 21.1. The SMILES string of the molecule is COc1ccc(C(=O)c2[nH]c(=O)[nH]c2C(C)N2CCC(c3ccccc3C)CC2)cc1. The molecule has 0 amide bonds. The highest BCUT2D eigenvalue weighted by Crippen LogP contribution is 2.33. The van der Waals surface area contributed by atoms with Gasteiger partial charge < -0.3 is 14.7 Å². The molecule has 4 rings (SSSR count). The number of hydrogen-bond donors (Lipinski definition) is 2. The second kappa shape index (κ2) is 8.94. The highest BCUT2D eigenvalue weighted by Gasteiger charge is 2.29. The van der Waals surface area contributed by atoms with Crippen LogP contribution in [0.5, 0.6) is 5.75 Å². The van der Waals surface area contributed by atoms with Crippen LogP contribution in [0.4, 0.5) is 0 Å². The van der Waals surface area contributed by atoms with Crippen LogP contribution in [0.1, 0.15) is 64.6 Å². The van der Waals surface area contributed by atoms with Gasteiger partial charge in [0, 0.05) is 11.6 Å². The summed E-state index contributed by atoms with van der Waals surface area (Å²) in [5.74, 6) is 1.04. The standard InChI is InChI=1S/C25H29N3O3/c1-16-6-4-5-7-21(16)18-12-14-28(15-13-18)17(2)22-23(27-25(30)26-22)24(29)19-8-10-20(31-3)11-9-19/h4-11,17-18H,12-15H2,1-3H3,(H2,26,27,30). The molecular formula is C25H29N3O3. The van der Waals surface area contributed by atoms with Crippen LogP contribution in [-0.4, -0.2) is 40.9 Å². The van der Waals surface area contributed by atoms with Crippen LogP contribution in [0.15, 0.2) is 53.3 Å². The van der Waals surface area contributed by atoms with Crippen LogP contribution in [0.2, 0.25) is 0 Å². The molecule has 1 saturated heterocycles. The monoisotopic (exact) mass is 419 g/mol. The van der Waals surface area contributed by atoms with Gasteiger partial charge in [-0.15, -0.1) is 0 Å². The fraction of sp³-hybridized carbons (Fsp3) is 0.360. The molecule has 162 valence electrons. The molecule has 1 aliphatic heterocycles. The number of H-pyrrole nitrogens is 2. The van der Waals surface area contributed by atoms with Gasteiger partial charge in [-0.25, -0.2) is 4.79 Å². The molecule has 3 aromatic rings. The number of ketones is 1. The summed E-state index contributed by atoms with van der Waals surface area (Å²) >= 11 is 0. The molecule has 2 heterocycles. The lowest BCUT2D eigenvalue weighted by molar-refractivity contribution is 0.102. The number of ether oxygens (including phenoxy) is 1. The van der Waals surface area contributed by atoms with Crippen molar-refractivity contribution >= 4 is 5.78 Å². The Labute approximate surface area is 182 Å². The third-order valence-electron chi connectivity index (χ3n) is 6.46. The highest BCUT2D eigenvalue weighted by molar-refractivity contribution is 6.08. The molecule has 1 fully saturated rings. The summed E-state index contributed by atoms with van der Waals surface area (Å²) in [4.78, 5) is 33.1. The van der Waals surface area contributed by atoms with Crippen molar-refractivity contribution in [1.29, 1.82) is 0 Å². The van der Waals surface area contributed by atoms with Crippen molar-refractivity contribution in [3.05, 3.63) is 87.1 Å². The van der Waals surface area contributed by atoms with E-state index in [0.29, 0.717) is 28.6 Å². The molecule has 31 heavy (non-hydrogen) atoms. The Morgan fingerprint density at radius 3 is 2.39 bits per heavy atom. The third kappa shape index (κ3) is 4.35. The molecule has 0 saturated carbocycles. The summed E-state index contributed by atoms with van der Waals surface area (Å²) in [6.45, 7) is 6.07. The third-order valence-corrected chi connectivity index (χ3v) is 6.46. The largest absolute Gasteiger partial charge is 0.497 e. The first-order valence-corrected chi connectivity index (χ1v) is 10.8. The minimum atomic E-state index is -0.353. The lowest BCUT2D eigenvalue weighted by atomic mass is 9.86. The zero-order valence-electron chi connectivity index (χ0n) is 18.3. The topological polar surface area (TPSA) is 78.2 Å². The van der Waals surface area contributed by atoms with Gasteiger partial charge in [0.2, 0.25) is 5.78 Å². The molecule has 1 atom stereocenters. The van der Waals surface area contributed by atoms with Crippen LogP contribution in [0, 0.1) is 6.92 Å². The number of hydrogen-bond acceptors (Lipinski definition) is 4. The van der Waals surface area contributed by atoms with E-state index in [1.807, 2.05) is 0 Å². The fourth-order valence-corrected chi connectivity index (χ4v) is 4.60. The van der Waals surface area contributed by atoms with Gasteiger partial charge in [-0.05, 0) is 81.1 Å². The molecule has 6 nitrogen and oxygen atoms in total. The van der Waals surface area contributed by atoms with Gasteiger partial charge in [0.1, 0.15) is 11.4 Å². The predicted molar refractivity (Wildman–Crippen MR) is 121 cm³/mol. The van der Waals surface area contributed by atoms with Crippen LogP contribution in [0.3, 0.4) is 0 Å². The number of methoxy groups -OCH3 is 1. The van der Waals surface area contributed by atoms with E-state index in [2.05, 4.69) is 53.0 Å². The van der Waals surface area contributed by atoms with Crippen molar-refractivity contribution in [1.82, 2.24) is 14.9 Å². The van der Waals surface area contributed by atoms with Crippen molar-refractivity contribution in [3.63, 3.8) is 0 Å². The number of aromatic nitrogens is 2. The molecule has 0 spiro atoms. The Kier molecular flexibility index (Phi) is 6.09. The number of piperidine rings is 1.